The molecule has 1 rings (SSSR count). The normalized spacial score (nSPS) is 9.40. The maximum atomic E-state index is 10.4. The lowest BCUT2D eigenvalue weighted by atomic mass is 10.1. The first-order valence-electron chi connectivity index (χ1n) is 9.37. The minimum Gasteiger partial charge on any atom is -0.481 e. The van der Waals surface area contributed by atoms with Gasteiger partial charge in [-0.25, -0.2) is 9.59 Å². The lowest BCUT2D eigenvalue weighted by Crippen LogP contribution is -2.01. The number of aromatic carboxylic acids is 2. The van der Waals surface area contributed by atoms with Crippen molar-refractivity contribution < 1.29 is 49.8 Å². The van der Waals surface area contributed by atoms with Crippen LogP contribution in [0.2, 0.25) is 0 Å². The van der Waals surface area contributed by atoms with E-state index in [0.29, 0.717) is 12.8 Å². The first-order chi connectivity index (χ1) is 14.1. The van der Waals surface area contributed by atoms with Crippen LogP contribution in [0.1, 0.15) is 72.1 Å². The molecular weight excluding hydrogens is 400 g/mol. The fourth-order valence-electron chi connectivity index (χ4n) is 1.91. The van der Waals surface area contributed by atoms with Crippen LogP contribution in [-0.2, 0) is 9.59 Å². The topological polar surface area (TPSA) is 190 Å². The number of carboxylic acid groups (broad SMARTS) is 4. The first kappa shape index (κ1) is 29.2. The Hall–Kier alpha value is -2.98. The van der Waals surface area contributed by atoms with Gasteiger partial charge in [0.05, 0.1) is 11.1 Å². The summed E-state index contributed by atoms with van der Waals surface area (Å²) in [5.41, 5.74) is -0.0372. The molecular formula is C20H30O10. The molecule has 0 atom stereocenters. The van der Waals surface area contributed by atoms with Gasteiger partial charge in [-0.05, 0) is 43.9 Å². The summed E-state index contributed by atoms with van der Waals surface area (Å²) < 4.78 is 0. The molecule has 0 radical (unpaired) electrons. The number of unbranched alkanes of at least 4 members (excludes halogenated alkanes) is 4. The highest BCUT2D eigenvalue weighted by molar-refractivity contribution is 5.93. The van der Waals surface area contributed by atoms with E-state index in [2.05, 4.69) is 0 Å². The molecule has 170 valence electrons. The number of carboxylic acids is 4. The molecule has 0 fully saturated rings. The second kappa shape index (κ2) is 19.3. The summed E-state index contributed by atoms with van der Waals surface area (Å²) in [5.74, 6) is -3.99. The van der Waals surface area contributed by atoms with Gasteiger partial charge in [0, 0.05) is 26.1 Å². The first-order valence-corrected chi connectivity index (χ1v) is 9.37. The van der Waals surface area contributed by atoms with Crippen LogP contribution in [0.25, 0.3) is 0 Å². The van der Waals surface area contributed by atoms with E-state index in [0.717, 1.165) is 31.7 Å². The highest BCUT2D eigenvalue weighted by atomic mass is 16.4. The van der Waals surface area contributed by atoms with Crippen molar-refractivity contribution in [2.45, 2.75) is 51.4 Å². The van der Waals surface area contributed by atoms with Crippen molar-refractivity contribution in [2.75, 3.05) is 13.2 Å². The molecule has 0 aromatic heterocycles. The minimum absolute atomic E-state index is 0.0186. The lowest BCUT2D eigenvalue weighted by molar-refractivity contribution is -0.139. The van der Waals surface area contributed by atoms with Crippen molar-refractivity contribution in [3.05, 3.63) is 35.4 Å². The molecule has 0 aliphatic heterocycles. The number of aliphatic hydroxyl groups excluding tert-OH is 2. The van der Waals surface area contributed by atoms with Crippen molar-refractivity contribution in [1.82, 2.24) is 0 Å². The van der Waals surface area contributed by atoms with Gasteiger partial charge in [-0.3, -0.25) is 9.59 Å². The zero-order valence-electron chi connectivity index (χ0n) is 16.7. The van der Waals surface area contributed by atoms with E-state index in [-0.39, 0.29) is 37.2 Å². The monoisotopic (exact) mass is 430 g/mol. The number of hydrogen-bond acceptors (Lipinski definition) is 6. The van der Waals surface area contributed by atoms with Gasteiger partial charge in [0.15, 0.2) is 0 Å². The summed E-state index contributed by atoms with van der Waals surface area (Å²) in [4.78, 5) is 40.6. The van der Waals surface area contributed by atoms with Crippen LogP contribution < -0.4 is 0 Å². The Morgan fingerprint density at radius 3 is 1.23 bits per heavy atom. The Bertz CT molecular complexity index is 591. The van der Waals surface area contributed by atoms with Gasteiger partial charge in [0.1, 0.15) is 0 Å². The third kappa shape index (κ3) is 19.8. The smallest absolute Gasteiger partial charge is 0.335 e. The van der Waals surface area contributed by atoms with Gasteiger partial charge >= 0.3 is 23.9 Å². The number of aliphatic hydroxyl groups is 2. The summed E-state index contributed by atoms with van der Waals surface area (Å²) in [6.07, 6.45) is 4.85. The standard InChI is InChI=1S/C8H6O4.C6H10O4.C6H14O2/c9-7(10)5-2-1-3-6(4-5)8(11)12;7-5(8)3-1-2-4-6(9)10;7-5-3-1-2-4-6-8/h1-4H,(H,9,10)(H,11,12);1-4H2,(H,7,8)(H,9,10);7-8H,1-6H2. The van der Waals surface area contributed by atoms with Gasteiger partial charge in [-0.2, -0.15) is 0 Å². The fraction of sp³-hybridized carbons (Fsp3) is 0.500. The Morgan fingerprint density at radius 1 is 0.600 bits per heavy atom. The van der Waals surface area contributed by atoms with E-state index in [1.165, 1.54) is 18.2 Å². The second-order valence-corrected chi connectivity index (χ2v) is 6.05. The molecule has 0 heterocycles. The molecule has 0 spiro atoms. The van der Waals surface area contributed by atoms with Crippen molar-refractivity contribution in [3.8, 4) is 0 Å². The third-order valence-corrected chi connectivity index (χ3v) is 3.45. The van der Waals surface area contributed by atoms with Crippen LogP contribution >= 0.6 is 0 Å². The molecule has 0 saturated heterocycles. The molecule has 6 N–H and O–H groups in total. The molecule has 1 aromatic rings. The minimum atomic E-state index is -1.13. The van der Waals surface area contributed by atoms with E-state index < -0.39 is 23.9 Å². The molecule has 0 saturated carbocycles. The largest absolute Gasteiger partial charge is 0.481 e. The summed E-state index contributed by atoms with van der Waals surface area (Å²) >= 11 is 0. The Balaban J connectivity index is 0. The summed E-state index contributed by atoms with van der Waals surface area (Å²) in [6.45, 7) is 0.566. The summed E-state index contributed by atoms with van der Waals surface area (Å²) in [6, 6.07) is 5.20. The molecule has 10 heteroatoms. The van der Waals surface area contributed by atoms with Crippen LogP contribution in [0.5, 0.6) is 0 Å². The predicted molar refractivity (Wildman–Crippen MR) is 107 cm³/mol. The molecule has 0 aliphatic rings. The maximum absolute atomic E-state index is 10.4. The molecule has 10 nitrogen and oxygen atoms in total. The van der Waals surface area contributed by atoms with E-state index in [9.17, 15) is 19.2 Å². The van der Waals surface area contributed by atoms with Crippen LogP contribution in [0, 0.1) is 0 Å². The average Bonchev–Trinajstić information content (AvgIpc) is 2.69. The number of carbonyl (C=O) groups is 4. The van der Waals surface area contributed by atoms with E-state index in [1.807, 2.05) is 0 Å². The van der Waals surface area contributed by atoms with Crippen molar-refractivity contribution >= 4 is 23.9 Å². The Kier molecular flexibility index (Phi) is 18.8. The number of benzene rings is 1. The Morgan fingerprint density at radius 2 is 0.967 bits per heavy atom. The molecule has 0 amide bonds. The summed E-state index contributed by atoms with van der Waals surface area (Å²) in [5, 5.41) is 49.9. The molecule has 0 unspecified atom stereocenters. The highest BCUT2D eigenvalue weighted by Gasteiger charge is 2.06. The fourth-order valence-corrected chi connectivity index (χ4v) is 1.91. The van der Waals surface area contributed by atoms with Gasteiger partial charge in [-0.1, -0.05) is 18.9 Å². The van der Waals surface area contributed by atoms with Gasteiger partial charge in [0.25, 0.3) is 0 Å². The zero-order valence-corrected chi connectivity index (χ0v) is 16.7. The number of hydrogen-bond donors (Lipinski definition) is 6. The van der Waals surface area contributed by atoms with E-state index in [1.54, 1.807) is 0 Å². The quantitative estimate of drug-likeness (QED) is 0.268. The molecule has 1 aromatic carbocycles. The average molecular weight is 430 g/mol. The van der Waals surface area contributed by atoms with E-state index >= 15 is 0 Å². The Labute approximate surface area is 174 Å². The SMILES string of the molecule is O=C(O)CCCCC(=O)O.O=C(O)c1cccc(C(=O)O)c1.OCCCCCCO. The zero-order chi connectivity index (χ0) is 23.4. The van der Waals surface area contributed by atoms with Crippen LogP contribution in [0.3, 0.4) is 0 Å². The molecule has 0 aliphatic carbocycles. The highest BCUT2D eigenvalue weighted by Crippen LogP contribution is 2.04. The van der Waals surface area contributed by atoms with Gasteiger partial charge < -0.3 is 30.6 Å². The van der Waals surface area contributed by atoms with Crippen LogP contribution in [-0.4, -0.2) is 67.7 Å². The summed E-state index contributed by atoms with van der Waals surface area (Å²) in [7, 11) is 0. The second-order valence-electron chi connectivity index (χ2n) is 6.05. The number of rotatable bonds is 12. The van der Waals surface area contributed by atoms with Crippen LogP contribution in [0.4, 0.5) is 0 Å². The maximum Gasteiger partial charge on any atom is 0.335 e. The van der Waals surface area contributed by atoms with Gasteiger partial charge in [-0.15, -0.1) is 0 Å². The molecule has 0 bridgehead atoms. The third-order valence-electron chi connectivity index (χ3n) is 3.45. The van der Waals surface area contributed by atoms with Gasteiger partial charge in [0.2, 0.25) is 0 Å². The van der Waals surface area contributed by atoms with Crippen molar-refractivity contribution in [2.24, 2.45) is 0 Å². The lowest BCUT2D eigenvalue weighted by Gasteiger charge is -1.95. The van der Waals surface area contributed by atoms with E-state index in [4.69, 9.17) is 30.6 Å². The predicted octanol–water partition coefficient (Wildman–Crippen LogP) is 2.33. The van der Waals surface area contributed by atoms with Crippen molar-refractivity contribution in [3.63, 3.8) is 0 Å². The number of aliphatic carboxylic acids is 2. The van der Waals surface area contributed by atoms with Crippen LogP contribution in [0.15, 0.2) is 24.3 Å². The van der Waals surface area contributed by atoms with Crippen molar-refractivity contribution in [1.29, 1.82) is 0 Å². The molecule has 30 heavy (non-hydrogen) atoms.